The quantitative estimate of drug-likeness (QED) is 0.198. The first-order valence-corrected chi connectivity index (χ1v) is 10.9. The molecule has 10 nitrogen and oxygen atoms in total. The van der Waals surface area contributed by atoms with Crippen LogP contribution in [0.5, 0.6) is 5.75 Å². The molecule has 0 aliphatic heterocycles. The molecule has 3 rings (SSSR count). The van der Waals surface area contributed by atoms with Gasteiger partial charge in [0.1, 0.15) is 12.4 Å². The van der Waals surface area contributed by atoms with Gasteiger partial charge in [-0.05, 0) is 48.4 Å². The minimum atomic E-state index is -5.08. The average Bonchev–Trinajstić information content (AvgIpc) is 2.88. The van der Waals surface area contributed by atoms with Crippen molar-refractivity contribution < 1.29 is 50.7 Å². The fourth-order valence-electron chi connectivity index (χ4n) is 2.86. The molecule has 214 valence electrons. The molecule has 1 amide bonds. The molecule has 1 aromatic heterocycles. The predicted molar refractivity (Wildman–Crippen MR) is 127 cm³/mol. The molecular formula is C24H20F6N4O6. The summed E-state index contributed by atoms with van der Waals surface area (Å²) in [4.78, 5) is 35.5. The van der Waals surface area contributed by atoms with Gasteiger partial charge in [-0.15, -0.1) is 0 Å². The minimum Gasteiger partial charge on any atom is -0.487 e. The molecule has 0 radical (unpaired) electrons. The number of pyridine rings is 1. The number of benzene rings is 2. The van der Waals surface area contributed by atoms with Gasteiger partial charge in [0.15, 0.2) is 0 Å². The van der Waals surface area contributed by atoms with Crippen LogP contribution in [-0.2, 0) is 28.8 Å². The number of carboxylic acid groups (broad SMARTS) is 1. The Bertz CT molecular complexity index is 1320. The number of carbonyl (C=O) groups is 2. The van der Waals surface area contributed by atoms with Crippen LogP contribution in [0.3, 0.4) is 0 Å². The fourth-order valence-corrected chi connectivity index (χ4v) is 2.86. The highest BCUT2D eigenvalue weighted by atomic mass is 19.4. The summed E-state index contributed by atoms with van der Waals surface area (Å²) in [6.07, 6.45) is -8.01. The lowest BCUT2D eigenvalue weighted by Gasteiger charge is -2.14. The van der Waals surface area contributed by atoms with E-state index in [-0.39, 0.29) is 24.4 Å². The smallest absolute Gasteiger partial charge is 0.487 e. The molecule has 4 N–H and O–H groups in total. The summed E-state index contributed by atoms with van der Waals surface area (Å²) in [5.74, 6) is -2.80. The van der Waals surface area contributed by atoms with Gasteiger partial charge in [-0.3, -0.25) is 19.9 Å². The molecule has 1 heterocycles. The van der Waals surface area contributed by atoms with Gasteiger partial charge in [0.25, 0.3) is 5.69 Å². The van der Waals surface area contributed by atoms with Crippen molar-refractivity contribution in [1.82, 2.24) is 4.98 Å². The maximum Gasteiger partial charge on any atom is 0.490 e. The summed E-state index contributed by atoms with van der Waals surface area (Å²) in [5.41, 5.74) is 6.38. The second-order valence-electron chi connectivity index (χ2n) is 7.87. The molecule has 0 spiro atoms. The molecule has 2 aromatic carbocycles. The number of amides is 1. The first kappa shape index (κ1) is 31.5. The number of nitro groups is 1. The van der Waals surface area contributed by atoms with Crippen LogP contribution < -0.4 is 15.8 Å². The Balaban J connectivity index is 0.000000708. The van der Waals surface area contributed by atoms with E-state index < -0.39 is 40.8 Å². The molecule has 0 aliphatic rings. The Morgan fingerprint density at radius 3 is 2.10 bits per heavy atom. The number of aliphatic carboxylic acids is 1. The van der Waals surface area contributed by atoms with E-state index in [9.17, 15) is 41.3 Å². The normalized spacial score (nSPS) is 12.0. The topological polar surface area (TPSA) is 158 Å². The van der Waals surface area contributed by atoms with Gasteiger partial charge in [-0.25, -0.2) is 4.79 Å². The van der Waals surface area contributed by atoms with Gasteiger partial charge >= 0.3 is 18.3 Å². The monoisotopic (exact) mass is 574 g/mol. The standard InChI is InChI=1S/C22H19F3N4O4.C2HF3O2/c23-22(24,25)15-3-5-16(6-4-15)28-21(30)20(26)11-14-1-7-19(8-2-14)33-13-17-12-18(29(31)32)9-10-27-17;3-2(4,5)1(6)7/h1-10,12,20H,11,13,26H2,(H,28,30);(H,6,7)/t20-;/m0./s1. The van der Waals surface area contributed by atoms with Crippen LogP contribution in [0.15, 0.2) is 66.9 Å². The van der Waals surface area contributed by atoms with Crippen LogP contribution in [0.25, 0.3) is 0 Å². The van der Waals surface area contributed by atoms with E-state index in [0.29, 0.717) is 11.4 Å². The molecule has 40 heavy (non-hydrogen) atoms. The maximum absolute atomic E-state index is 12.6. The molecule has 0 unspecified atom stereocenters. The third-order valence-corrected chi connectivity index (χ3v) is 4.84. The van der Waals surface area contributed by atoms with E-state index in [1.54, 1.807) is 24.3 Å². The molecule has 16 heteroatoms. The summed E-state index contributed by atoms with van der Waals surface area (Å²) < 4.78 is 75.2. The summed E-state index contributed by atoms with van der Waals surface area (Å²) in [5, 5.41) is 20.4. The number of halogens is 6. The van der Waals surface area contributed by atoms with Crippen LogP contribution >= 0.6 is 0 Å². The highest BCUT2D eigenvalue weighted by molar-refractivity contribution is 5.94. The molecule has 0 bridgehead atoms. The van der Waals surface area contributed by atoms with Gasteiger partial charge in [-0.1, -0.05) is 12.1 Å². The van der Waals surface area contributed by atoms with E-state index in [4.69, 9.17) is 20.4 Å². The van der Waals surface area contributed by atoms with E-state index in [1.807, 2.05) is 0 Å². The zero-order valence-electron chi connectivity index (χ0n) is 20.1. The number of hydrogen-bond donors (Lipinski definition) is 3. The minimum absolute atomic E-state index is 0.0378. The van der Waals surface area contributed by atoms with Crippen molar-refractivity contribution in [2.45, 2.75) is 31.4 Å². The highest BCUT2D eigenvalue weighted by Gasteiger charge is 2.38. The zero-order valence-corrected chi connectivity index (χ0v) is 20.1. The Morgan fingerprint density at radius 1 is 1.02 bits per heavy atom. The predicted octanol–water partition coefficient (Wildman–Crippen LogP) is 4.73. The number of nitrogens with one attached hydrogen (secondary N) is 1. The third-order valence-electron chi connectivity index (χ3n) is 4.84. The summed E-state index contributed by atoms with van der Waals surface area (Å²) in [7, 11) is 0. The van der Waals surface area contributed by atoms with Gasteiger partial charge < -0.3 is 20.9 Å². The van der Waals surface area contributed by atoms with Crippen LogP contribution in [0, 0.1) is 10.1 Å². The molecule has 0 aliphatic carbocycles. The van der Waals surface area contributed by atoms with Crippen molar-refractivity contribution in [2.75, 3.05) is 5.32 Å². The number of rotatable bonds is 8. The van der Waals surface area contributed by atoms with Gasteiger partial charge in [0.05, 0.1) is 22.2 Å². The Kier molecular flexibility index (Phi) is 10.5. The van der Waals surface area contributed by atoms with Crippen LogP contribution in [0.2, 0.25) is 0 Å². The number of ether oxygens (including phenoxy) is 1. The third kappa shape index (κ3) is 10.2. The Hall–Kier alpha value is -4.73. The number of nitrogens with two attached hydrogens (primary N) is 1. The summed E-state index contributed by atoms with van der Waals surface area (Å²) in [6, 6.07) is 12.5. The first-order valence-electron chi connectivity index (χ1n) is 10.9. The highest BCUT2D eigenvalue weighted by Crippen LogP contribution is 2.29. The number of hydrogen-bond acceptors (Lipinski definition) is 7. The largest absolute Gasteiger partial charge is 0.490 e. The molecular weight excluding hydrogens is 554 g/mol. The number of carboxylic acids is 1. The van der Waals surface area contributed by atoms with Crippen LogP contribution in [-0.4, -0.2) is 39.1 Å². The van der Waals surface area contributed by atoms with E-state index in [1.165, 1.54) is 18.3 Å². The van der Waals surface area contributed by atoms with Crippen molar-refractivity contribution >= 4 is 23.3 Å². The first-order chi connectivity index (χ1) is 18.6. The molecule has 1 atom stereocenters. The number of aromatic nitrogens is 1. The zero-order chi connectivity index (χ0) is 30.1. The lowest BCUT2D eigenvalue weighted by Crippen LogP contribution is -2.37. The van der Waals surface area contributed by atoms with Crippen LogP contribution in [0.4, 0.5) is 37.7 Å². The lowest BCUT2D eigenvalue weighted by molar-refractivity contribution is -0.385. The summed E-state index contributed by atoms with van der Waals surface area (Å²) in [6.45, 7) is 0.0378. The van der Waals surface area contributed by atoms with Gasteiger partial charge in [-0.2, -0.15) is 26.3 Å². The van der Waals surface area contributed by atoms with Crippen molar-refractivity contribution in [3.8, 4) is 5.75 Å². The maximum atomic E-state index is 12.6. The molecule has 0 saturated heterocycles. The summed E-state index contributed by atoms with van der Waals surface area (Å²) >= 11 is 0. The molecule has 0 fully saturated rings. The van der Waals surface area contributed by atoms with Crippen molar-refractivity contribution in [2.24, 2.45) is 5.73 Å². The fraction of sp³-hybridized carbons (Fsp3) is 0.208. The SMILES string of the molecule is N[C@@H](Cc1ccc(OCc2cc([N+](=O)[O-])ccn2)cc1)C(=O)Nc1ccc(C(F)(F)F)cc1.O=C(O)C(F)(F)F. The van der Waals surface area contributed by atoms with Crippen LogP contribution in [0.1, 0.15) is 16.8 Å². The average molecular weight is 574 g/mol. The second-order valence-corrected chi connectivity index (χ2v) is 7.87. The van der Waals surface area contributed by atoms with Gasteiger partial charge in [0.2, 0.25) is 5.91 Å². The molecule has 0 saturated carbocycles. The van der Waals surface area contributed by atoms with Crippen molar-refractivity contribution in [1.29, 1.82) is 0 Å². The lowest BCUT2D eigenvalue weighted by atomic mass is 10.1. The molecule has 3 aromatic rings. The van der Waals surface area contributed by atoms with E-state index in [2.05, 4.69) is 10.3 Å². The van der Waals surface area contributed by atoms with E-state index in [0.717, 1.165) is 29.8 Å². The van der Waals surface area contributed by atoms with Crippen molar-refractivity contribution in [3.63, 3.8) is 0 Å². The van der Waals surface area contributed by atoms with Crippen molar-refractivity contribution in [3.05, 3.63) is 93.8 Å². The number of carbonyl (C=O) groups excluding carboxylic acids is 1. The Labute approximate surface area is 221 Å². The number of nitrogens with zero attached hydrogens (tertiary/aromatic N) is 2. The van der Waals surface area contributed by atoms with E-state index >= 15 is 0 Å². The number of alkyl halides is 6. The second kappa shape index (κ2) is 13.4. The Morgan fingerprint density at radius 2 is 1.60 bits per heavy atom. The number of anilines is 1. The van der Waals surface area contributed by atoms with Gasteiger partial charge in [0, 0.05) is 24.0 Å².